The number of thiophene rings is 1. The fraction of sp³-hybridized carbons (Fsp3) is 0.667. The summed E-state index contributed by atoms with van der Waals surface area (Å²) in [5.74, 6) is 0. The van der Waals surface area contributed by atoms with Crippen molar-refractivity contribution in [3.63, 3.8) is 0 Å². The van der Waals surface area contributed by atoms with E-state index >= 15 is 0 Å². The molecule has 1 aromatic rings. The van der Waals surface area contributed by atoms with Gasteiger partial charge in [0.05, 0.1) is 0 Å². The Morgan fingerprint density at radius 3 is 2.67 bits per heavy atom. The normalized spacial score (nSPS) is 13.0. The predicted octanol–water partition coefficient (Wildman–Crippen LogP) is 4.87. The number of rotatable bonds is 7. The molecule has 1 atom stereocenters. The Balaban J connectivity index is 2.16. The minimum atomic E-state index is 0.239. The Morgan fingerprint density at radius 2 is 2.07 bits per heavy atom. The van der Waals surface area contributed by atoms with Gasteiger partial charge in [-0.2, -0.15) is 0 Å². The standard InChI is InChI=1S/C12H20BrNS/c1-2-3-4-5-6-7-11(14)12-8-10(13)9-15-12/h8-9,11H,2-7,14H2,1H3. The Kier molecular flexibility index (Phi) is 6.53. The first kappa shape index (κ1) is 13.2. The van der Waals surface area contributed by atoms with E-state index in [0.717, 1.165) is 10.9 Å². The number of halogens is 1. The SMILES string of the molecule is CCCCCCCC(N)c1cc(Br)cs1. The van der Waals surface area contributed by atoms with Gasteiger partial charge in [-0.05, 0) is 28.4 Å². The quantitative estimate of drug-likeness (QED) is 0.712. The third kappa shape index (κ3) is 5.14. The first-order valence-corrected chi connectivity index (χ1v) is 7.40. The molecule has 1 nitrogen and oxygen atoms in total. The molecule has 86 valence electrons. The lowest BCUT2D eigenvalue weighted by Gasteiger charge is -2.08. The first-order chi connectivity index (χ1) is 7.24. The van der Waals surface area contributed by atoms with Crippen LogP contribution < -0.4 is 5.73 Å². The third-order valence-electron chi connectivity index (χ3n) is 2.57. The van der Waals surface area contributed by atoms with Gasteiger partial charge < -0.3 is 5.73 Å². The van der Waals surface area contributed by atoms with Crippen molar-refractivity contribution in [2.45, 2.75) is 51.5 Å². The highest BCUT2D eigenvalue weighted by molar-refractivity contribution is 9.10. The zero-order chi connectivity index (χ0) is 11.1. The van der Waals surface area contributed by atoms with E-state index in [9.17, 15) is 0 Å². The van der Waals surface area contributed by atoms with Gasteiger partial charge in [-0.3, -0.25) is 0 Å². The van der Waals surface area contributed by atoms with Crippen LogP contribution in [-0.2, 0) is 0 Å². The Hall–Kier alpha value is 0.140. The summed E-state index contributed by atoms with van der Waals surface area (Å²) in [6, 6.07) is 2.38. The molecular formula is C12H20BrNS. The monoisotopic (exact) mass is 289 g/mol. The van der Waals surface area contributed by atoms with Gasteiger partial charge in [0.25, 0.3) is 0 Å². The van der Waals surface area contributed by atoms with Crippen LogP contribution in [0.3, 0.4) is 0 Å². The van der Waals surface area contributed by atoms with Gasteiger partial charge in [-0.1, -0.05) is 39.0 Å². The van der Waals surface area contributed by atoms with Gasteiger partial charge in [0.15, 0.2) is 0 Å². The molecule has 0 radical (unpaired) electrons. The molecule has 0 fully saturated rings. The summed E-state index contributed by atoms with van der Waals surface area (Å²) in [5, 5.41) is 2.10. The molecule has 1 unspecified atom stereocenters. The number of unbranched alkanes of at least 4 members (excludes halogenated alkanes) is 4. The van der Waals surface area contributed by atoms with Crippen molar-refractivity contribution < 1.29 is 0 Å². The van der Waals surface area contributed by atoms with Gasteiger partial charge in [0, 0.05) is 20.8 Å². The molecule has 0 amide bonds. The van der Waals surface area contributed by atoms with Crippen molar-refractivity contribution in [3.8, 4) is 0 Å². The fourth-order valence-corrected chi connectivity index (χ4v) is 3.12. The molecule has 15 heavy (non-hydrogen) atoms. The second-order valence-corrected chi connectivity index (χ2v) is 5.84. The van der Waals surface area contributed by atoms with Crippen molar-refractivity contribution in [3.05, 3.63) is 20.8 Å². The van der Waals surface area contributed by atoms with Gasteiger partial charge in [-0.25, -0.2) is 0 Å². The summed E-state index contributed by atoms with van der Waals surface area (Å²) in [7, 11) is 0. The second-order valence-electron chi connectivity index (χ2n) is 3.98. The lowest BCUT2D eigenvalue weighted by atomic mass is 10.1. The van der Waals surface area contributed by atoms with Crippen LogP contribution in [-0.4, -0.2) is 0 Å². The van der Waals surface area contributed by atoms with Gasteiger partial charge >= 0.3 is 0 Å². The summed E-state index contributed by atoms with van der Waals surface area (Å²) >= 11 is 5.21. The Morgan fingerprint density at radius 1 is 1.33 bits per heavy atom. The fourth-order valence-electron chi connectivity index (χ4n) is 1.63. The smallest absolute Gasteiger partial charge is 0.0390 e. The average Bonchev–Trinajstić information content (AvgIpc) is 2.64. The highest BCUT2D eigenvalue weighted by Gasteiger charge is 2.07. The van der Waals surface area contributed by atoms with E-state index in [1.54, 1.807) is 11.3 Å². The molecule has 0 spiro atoms. The Labute approximate surface area is 105 Å². The number of nitrogens with two attached hydrogens (primary N) is 1. The molecular weight excluding hydrogens is 270 g/mol. The van der Waals surface area contributed by atoms with Crippen LogP contribution in [0.1, 0.15) is 56.4 Å². The summed E-state index contributed by atoms with van der Waals surface area (Å²) < 4.78 is 1.16. The van der Waals surface area contributed by atoms with E-state index in [0.29, 0.717) is 0 Å². The molecule has 3 heteroatoms. The molecule has 0 aliphatic carbocycles. The van der Waals surface area contributed by atoms with Gasteiger partial charge in [0.2, 0.25) is 0 Å². The van der Waals surface area contributed by atoms with Crippen LogP contribution in [0, 0.1) is 0 Å². The van der Waals surface area contributed by atoms with E-state index in [-0.39, 0.29) is 6.04 Å². The summed E-state index contributed by atoms with van der Waals surface area (Å²) in [5.41, 5.74) is 6.11. The van der Waals surface area contributed by atoms with Gasteiger partial charge in [-0.15, -0.1) is 11.3 Å². The average molecular weight is 290 g/mol. The third-order valence-corrected chi connectivity index (χ3v) is 4.40. The van der Waals surface area contributed by atoms with Crippen LogP contribution >= 0.6 is 27.3 Å². The van der Waals surface area contributed by atoms with Crippen LogP contribution in [0.5, 0.6) is 0 Å². The van der Waals surface area contributed by atoms with Crippen LogP contribution in [0.4, 0.5) is 0 Å². The van der Waals surface area contributed by atoms with Crippen molar-refractivity contribution in [1.82, 2.24) is 0 Å². The molecule has 2 N–H and O–H groups in total. The predicted molar refractivity (Wildman–Crippen MR) is 72.3 cm³/mol. The summed E-state index contributed by atoms with van der Waals surface area (Å²) in [6.45, 7) is 2.24. The lowest BCUT2D eigenvalue weighted by Crippen LogP contribution is -2.08. The van der Waals surface area contributed by atoms with Gasteiger partial charge in [0.1, 0.15) is 0 Å². The zero-order valence-electron chi connectivity index (χ0n) is 9.34. The van der Waals surface area contributed by atoms with E-state index in [1.165, 1.54) is 37.0 Å². The maximum atomic E-state index is 6.11. The van der Waals surface area contributed by atoms with E-state index < -0.39 is 0 Å². The molecule has 1 aromatic heterocycles. The lowest BCUT2D eigenvalue weighted by molar-refractivity contribution is 0.559. The van der Waals surface area contributed by atoms with E-state index in [2.05, 4.69) is 34.3 Å². The molecule has 0 saturated carbocycles. The highest BCUT2D eigenvalue weighted by Crippen LogP contribution is 2.27. The first-order valence-electron chi connectivity index (χ1n) is 5.73. The second kappa shape index (κ2) is 7.42. The molecule has 0 aliphatic heterocycles. The molecule has 0 aromatic carbocycles. The summed E-state index contributed by atoms with van der Waals surface area (Å²) in [6.07, 6.45) is 7.74. The zero-order valence-corrected chi connectivity index (χ0v) is 11.7. The van der Waals surface area contributed by atoms with Crippen molar-refractivity contribution in [2.75, 3.05) is 0 Å². The number of hydrogen-bond acceptors (Lipinski definition) is 2. The molecule has 0 bridgehead atoms. The maximum absolute atomic E-state index is 6.11. The maximum Gasteiger partial charge on any atom is 0.0390 e. The highest BCUT2D eigenvalue weighted by atomic mass is 79.9. The molecule has 1 heterocycles. The molecule has 0 aliphatic rings. The van der Waals surface area contributed by atoms with E-state index in [4.69, 9.17) is 5.73 Å². The minimum Gasteiger partial charge on any atom is -0.323 e. The van der Waals surface area contributed by atoms with Crippen LogP contribution in [0.15, 0.2) is 15.9 Å². The largest absolute Gasteiger partial charge is 0.323 e. The minimum absolute atomic E-state index is 0.239. The van der Waals surface area contributed by atoms with Crippen molar-refractivity contribution >= 4 is 27.3 Å². The summed E-state index contributed by atoms with van der Waals surface area (Å²) in [4.78, 5) is 1.30. The van der Waals surface area contributed by atoms with Crippen molar-refractivity contribution in [1.29, 1.82) is 0 Å². The Bertz CT molecular complexity index is 272. The van der Waals surface area contributed by atoms with Crippen LogP contribution in [0.2, 0.25) is 0 Å². The van der Waals surface area contributed by atoms with Crippen LogP contribution in [0.25, 0.3) is 0 Å². The van der Waals surface area contributed by atoms with Crippen molar-refractivity contribution in [2.24, 2.45) is 5.73 Å². The molecule has 1 rings (SSSR count). The van der Waals surface area contributed by atoms with E-state index in [1.807, 2.05) is 0 Å². The number of hydrogen-bond donors (Lipinski definition) is 1. The molecule has 0 saturated heterocycles. The topological polar surface area (TPSA) is 26.0 Å².